The van der Waals surface area contributed by atoms with Crippen molar-refractivity contribution < 1.29 is 0 Å². The Morgan fingerprint density at radius 2 is 1.72 bits per heavy atom. The molecular weight excluding hydrogens is 304 g/mol. The molecule has 0 saturated heterocycles. The molecule has 128 valence electrons. The minimum atomic E-state index is 0.151. The van der Waals surface area contributed by atoms with Crippen molar-refractivity contribution in [2.75, 3.05) is 5.43 Å². The van der Waals surface area contributed by atoms with Gasteiger partial charge in [0.2, 0.25) is 0 Å². The molecule has 1 aliphatic rings. The van der Waals surface area contributed by atoms with E-state index in [1.807, 2.05) is 24.4 Å². The van der Waals surface area contributed by atoms with Crippen molar-refractivity contribution >= 4 is 11.9 Å². The molecule has 0 radical (unpaired) electrons. The summed E-state index contributed by atoms with van der Waals surface area (Å²) in [6.07, 6.45) is 8.63. The minimum absolute atomic E-state index is 0.151. The third kappa shape index (κ3) is 3.90. The third-order valence-electron chi connectivity index (χ3n) is 4.65. The molecule has 0 aromatic heterocycles. The van der Waals surface area contributed by atoms with E-state index in [1.165, 1.54) is 16.7 Å². The van der Waals surface area contributed by atoms with E-state index in [1.54, 1.807) is 0 Å². The van der Waals surface area contributed by atoms with Gasteiger partial charge in [-0.25, -0.2) is 0 Å². The maximum atomic E-state index is 4.47. The monoisotopic (exact) mass is 330 g/mol. The van der Waals surface area contributed by atoms with E-state index in [0.29, 0.717) is 5.92 Å². The van der Waals surface area contributed by atoms with E-state index in [-0.39, 0.29) is 5.41 Å². The molecule has 0 spiro atoms. The van der Waals surface area contributed by atoms with Gasteiger partial charge in [0, 0.05) is 5.92 Å². The summed E-state index contributed by atoms with van der Waals surface area (Å²) in [5, 5.41) is 4.47. The van der Waals surface area contributed by atoms with Crippen LogP contribution in [0.3, 0.4) is 0 Å². The second-order valence-corrected chi connectivity index (χ2v) is 7.55. The van der Waals surface area contributed by atoms with Crippen LogP contribution in [0.2, 0.25) is 0 Å². The topological polar surface area (TPSA) is 24.4 Å². The highest BCUT2D eigenvalue weighted by atomic mass is 15.3. The van der Waals surface area contributed by atoms with Crippen LogP contribution in [-0.4, -0.2) is 6.21 Å². The molecule has 1 unspecified atom stereocenters. The summed E-state index contributed by atoms with van der Waals surface area (Å²) in [7, 11) is 0. The predicted octanol–water partition coefficient (Wildman–Crippen LogP) is 6.07. The Morgan fingerprint density at radius 3 is 2.48 bits per heavy atom. The van der Waals surface area contributed by atoms with E-state index in [4.69, 9.17) is 0 Å². The third-order valence-corrected chi connectivity index (χ3v) is 4.65. The lowest BCUT2D eigenvalue weighted by atomic mass is 9.77. The van der Waals surface area contributed by atoms with Crippen molar-refractivity contribution in [1.82, 2.24) is 0 Å². The summed E-state index contributed by atoms with van der Waals surface area (Å²) in [6, 6.07) is 16.7. The number of benzene rings is 2. The van der Waals surface area contributed by atoms with E-state index in [2.05, 4.69) is 86.8 Å². The van der Waals surface area contributed by atoms with Crippen LogP contribution in [0.4, 0.5) is 5.69 Å². The van der Waals surface area contributed by atoms with Gasteiger partial charge in [-0.1, -0.05) is 87.0 Å². The molecule has 2 nitrogen and oxygen atoms in total. The number of anilines is 1. The summed E-state index contributed by atoms with van der Waals surface area (Å²) in [5.41, 5.74) is 9.42. The SMILES string of the molecule is Cc1ccccc1NN=Cc1ccccc1C1C=CC=C1C(C)(C)C. The molecule has 25 heavy (non-hydrogen) atoms. The van der Waals surface area contributed by atoms with E-state index in [0.717, 1.165) is 11.3 Å². The van der Waals surface area contributed by atoms with Crippen molar-refractivity contribution in [3.63, 3.8) is 0 Å². The zero-order valence-corrected chi connectivity index (χ0v) is 15.5. The van der Waals surface area contributed by atoms with Gasteiger partial charge in [0.1, 0.15) is 0 Å². The molecular formula is C23H26N2. The van der Waals surface area contributed by atoms with Gasteiger partial charge < -0.3 is 0 Å². The highest BCUT2D eigenvalue weighted by Gasteiger charge is 2.27. The van der Waals surface area contributed by atoms with Crippen LogP contribution >= 0.6 is 0 Å². The Bertz CT molecular complexity index is 835. The molecule has 0 heterocycles. The van der Waals surface area contributed by atoms with Crippen LogP contribution in [0.15, 0.2) is 77.4 Å². The lowest BCUT2D eigenvalue weighted by Gasteiger charge is -2.27. The Kier molecular flexibility index (Phi) is 4.89. The van der Waals surface area contributed by atoms with Gasteiger partial charge in [0.15, 0.2) is 0 Å². The fourth-order valence-corrected chi connectivity index (χ4v) is 3.25. The number of aryl methyl sites for hydroxylation is 1. The summed E-state index contributed by atoms with van der Waals surface area (Å²) >= 11 is 0. The number of rotatable bonds is 4. The normalized spacial score (nSPS) is 17.1. The number of para-hydroxylation sites is 1. The number of hydrogen-bond donors (Lipinski definition) is 1. The average Bonchev–Trinajstić information content (AvgIpc) is 3.07. The molecule has 1 aliphatic carbocycles. The zero-order chi connectivity index (χ0) is 17.9. The van der Waals surface area contributed by atoms with Crippen LogP contribution in [0, 0.1) is 12.3 Å². The molecule has 0 amide bonds. The standard InChI is InChI=1S/C23H26N2/c1-17-10-5-8-15-22(17)25-24-16-18-11-6-7-12-19(18)20-13-9-14-21(20)23(2,3)4/h5-16,20,25H,1-4H3. The van der Waals surface area contributed by atoms with Gasteiger partial charge in [0.05, 0.1) is 11.9 Å². The number of nitrogens with zero attached hydrogens (tertiary/aromatic N) is 1. The van der Waals surface area contributed by atoms with Gasteiger partial charge in [0.25, 0.3) is 0 Å². The molecule has 0 aliphatic heterocycles. The van der Waals surface area contributed by atoms with Crippen LogP contribution < -0.4 is 5.43 Å². The second-order valence-electron chi connectivity index (χ2n) is 7.55. The quantitative estimate of drug-likeness (QED) is 0.534. The lowest BCUT2D eigenvalue weighted by molar-refractivity contribution is 0.483. The molecule has 1 N–H and O–H groups in total. The van der Waals surface area contributed by atoms with Gasteiger partial charge >= 0.3 is 0 Å². The number of allylic oxidation sites excluding steroid dienone is 4. The maximum absolute atomic E-state index is 4.47. The molecule has 0 fully saturated rings. The van der Waals surface area contributed by atoms with E-state index < -0.39 is 0 Å². The van der Waals surface area contributed by atoms with Crippen molar-refractivity contribution in [2.45, 2.75) is 33.6 Å². The van der Waals surface area contributed by atoms with E-state index in [9.17, 15) is 0 Å². The Balaban J connectivity index is 1.85. The van der Waals surface area contributed by atoms with Crippen molar-refractivity contribution in [3.05, 3.63) is 89.0 Å². The summed E-state index contributed by atoms with van der Waals surface area (Å²) in [5.74, 6) is 0.320. The van der Waals surface area contributed by atoms with Gasteiger partial charge in [-0.15, -0.1) is 0 Å². The highest BCUT2D eigenvalue weighted by Crippen LogP contribution is 2.41. The number of nitrogens with one attached hydrogen (secondary N) is 1. The first kappa shape index (κ1) is 17.2. The van der Waals surface area contributed by atoms with E-state index >= 15 is 0 Å². The number of hydrazone groups is 1. The fraction of sp³-hybridized carbons (Fsp3) is 0.261. The van der Waals surface area contributed by atoms with Gasteiger partial charge in [-0.05, 0) is 35.1 Å². The first-order chi connectivity index (χ1) is 12.0. The zero-order valence-electron chi connectivity index (χ0n) is 15.5. The van der Waals surface area contributed by atoms with Crippen molar-refractivity contribution in [1.29, 1.82) is 0 Å². The number of hydrogen-bond acceptors (Lipinski definition) is 2. The highest BCUT2D eigenvalue weighted by molar-refractivity contribution is 5.83. The molecule has 0 saturated carbocycles. The lowest BCUT2D eigenvalue weighted by Crippen LogP contribution is -2.15. The molecule has 0 bridgehead atoms. The summed E-state index contributed by atoms with van der Waals surface area (Å²) < 4.78 is 0. The molecule has 1 atom stereocenters. The Labute approximate surface area is 151 Å². The smallest absolute Gasteiger partial charge is 0.0590 e. The van der Waals surface area contributed by atoms with Gasteiger partial charge in [-0.3, -0.25) is 5.43 Å². The Morgan fingerprint density at radius 1 is 1.00 bits per heavy atom. The fourth-order valence-electron chi connectivity index (χ4n) is 3.25. The largest absolute Gasteiger partial charge is 0.278 e. The maximum Gasteiger partial charge on any atom is 0.0590 e. The second kappa shape index (κ2) is 7.10. The summed E-state index contributed by atoms with van der Waals surface area (Å²) in [4.78, 5) is 0. The van der Waals surface area contributed by atoms with Crippen LogP contribution in [0.1, 0.15) is 43.4 Å². The van der Waals surface area contributed by atoms with Crippen LogP contribution in [-0.2, 0) is 0 Å². The minimum Gasteiger partial charge on any atom is -0.278 e. The molecule has 3 rings (SSSR count). The average molecular weight is 330 g/mol. The van der Waals surface area contributed by atoms with Gasteiger partial charge in [-0.2, -0.15) is 5.10 Å². The first-order valence-electron chi connectivity index (χ1n) is 8.79. The van der Waals surface area contributed by atoms with Crippen LogP contribution in [0.25, 0.3) is 0 Å². The molecule has 2 heteroatoms. The molecule has 2 aromatic carbocycles. The first-order valence-corrected chi connectivity index (χ1v) is 8.79. The predicted molar refractivity (Wildman–Crippen MR) is 108 cm³/mol. The summed E-state index contributed by atoms with van der Waals surface area (Å²) in [6.45, 7) is 8.90. The van der Waals surface area contributed by atoms with Crippen molar-refractivity contribution in [2.24, 2.45) is 10.5 Å². The molecule has 2 aromatic rings. The van der Waals surface area contributed by atoms with Crippen molar-refractivity contribution in [3.8, 4) is 0 Å². The Hall–Kier alpha value is -2.61. The van der Waals surface area contributed by atoms with Crippen LogP contribution in [0.5, 0.6) is 0 Å².